The zero-order valence-electron chi connectivity index (χ0n) is 24.7. The summed E-state index contributed by atoms with van der Waals surface area (Å²) >= 11 is 0. The Hall–Kier alpha value is -3.21. The normalized spacial score (nSPS) is 11.2. The van der Waals surface area contributed by atoms with Crippen molar-refractivity contribution < 1.29 is 17.1 Å². The summed E-state index contributed by atoms with van der Waals surface area (Å²) in [5.41, 5.74) is 2.63. The maximum absolute atomic E-state index is 2.36. The van der Waals surface area contributed by atoms with Crippen molar-refractivity contribution in [3.63, 3.8) is 0 Å². The van der Waals surface area contributed by atoms with Gasteiger partial charge in [-0.2, -0.15) is 24.3 Å². The van der Waals surface area contributed by atoms with Crippen molar-refractivity contribution in [3.05, 3.63) is 127 Å². The summed E-state index contributed by atoms with van der Waals surface area (Å²) in [5.74, 6) is 0. The second-order valence-electron chi connectivity index (χ2n) is 11.1. The van der Waals surface area contributed by atoms with Crippen molar-refractivity contribution in [3.8, 4) is 11.1 Å². The molecule has 218 valence electrons. The molecular weight excluding hydrogens is 567 g/mol. The number of rotatable bonds is 8. The minimum atomic E-state index is 0. The average Bonchev–Trinajstić information content (AvgIpc) is 3.75. The molecule has 0 fully saturated rings. The van der Waals surface area contributed by atoms with Gasteiger partial charge in [-0.1, -0.05) is 94.1 Å². The fraction of sp³-hybridized carbons (Fsp3) is 0.200. The van der Waals surface area contributed by atoms with Crippen LogP contribution in [0.5, 0.6) is 0 Å². The SMILES string of the molecule is CCCCP(CCCC)[c-]1cccc1.[Fe].c1ccc2cc3c(ccc4c(-[c-]5[cH-][cH-][cH-][cH-]5)c5ccccc5cc43)cc2c1. The molecule has 0 aliphatic heterocycles. The van der Waals surface area contributed by atoms with E-state index in [1.54, 1.807) is 5.30 Å². The van der Waals surface area contributed by atoms with Crippen LogP contribution in [0, 0.1) is 0 Å². The van der Waals surface area contributed by atoms with Crippen LogP contribution in [0.3, 0.4) is 0 Å². The molecule has 0 aromatic heterocycles. The molecule has 0 spiro atoms. The van der Waals surface area contributed by atoms with Gasteiger partial charge in [0.15, 0.2) is 0 Å². The standard InChI is InChI=1S/C27H17.C13H22P.Fe/c1-2-8-18(7-1)27-23-12-6-5-11-21(23)17-26-24(27)14-13-22-15-19-9-3-4-10-20(19)16-25(22)26;1-3-5-11-14(12-6-4-2)13-9-7-8-10-13;/h1-17H;7-10H,3-6,11-12H2,1-2H3;/q-5;-1;. The third-order valence-corrected chi connectivity index (χ3v) is 11.0. The topological polar surface area (TPSA) is 0 Å². The van der Waals surface area contributed by atoms with E-state index in [2.05, 4.69) is 141 Å². The Kier molecular flexibility index (Phi) is 10.3. The van der Waals surface area contributed by atoms with Crippen molar-refractivity contribution in [1.29, 1.82) is 0 Å². The van der Waals surface area contributed by atoms with Crippen LogP contribution in [0.2, 0.25) is 0 Å². The molecule has 7 aromatic rings. The minimum absolute atomic E-state index is 0. The van der Waals surface area contributed by atoms with Crippen molar-refractivity contribution in [2.75, 3.05) is 12.3 Å². The molecule has 0 aliphatic carbocycles. The Morgan fingerprint density at radius 3 is 1.81 bits per heavy atom. The molecule has 0 saturated carbocycles. The first-order valence-electron chi connectivity index (χ1n) is 15.2. The van der Waals surface area contributed by atoms with Gasteiger partial charge in [0.1, 0.15) is 0 Å². The Labute approximate surface area is 262 Å². The number of benzene rings is 5. The van der Waals surface area contributed by atoms with Gasteiger partial charge < -0.3 is 46.2 Å². The quantitative estimate of drug-likeness (QED) is 0.0531. The summed E-state index contributed by atoms with van der Waals surface area (Å²) < 4.78 is 0. The Morgan fingerprint density at radius 1 is 0.571 bits per heavy atom. The van der Waals surface area contributed by atoms with Gasteiger partial charge in [-0.15, -0.1) is 24.0 Å². The van der Waals surface area contributed by atoms with E-state index in [9.17, 15) is 0 Å². The van der Waals surface area contributed by atoms with E-state index in [-0.39, 0.29) is 25.0 Å². The molecule has 0 saturated heterocycles. The van der Waals surface area contributed by atoms with E-state index >= 15 is 0 Å². The number of hydrogen-bond donors (Lipinski definition) is 0. The second-order valence-corrected chi connectivity index (χ2v) is 13.6. The molecule has 0 nitrogen and oxygen atoms in total. The van der Waals surface area contributed by atoms with Gasteiger partial charge in [0.25, 0.3) is 0 Å². The number of hydrogen-bond acceptors (Lipinski definition) is 0. The summed E-state index contributed by atoms with van der Waals surface area (Å²) in [7, 11) is 0.169. The maximum atomic E-state index is 2.36. The van der Waals surface area contributed by atoms with E-state index in [1.165, 1.54) is 92.2 Å². The van der Waals surface area contributed by atoms with Crippen LogP contribution in [0.4, 0.5) is 0 Å². The van der Waals surface area contributed by atoms with Crippen molar-refractivity contribution >= 4 is 56.3 Å². The summed E-state index contributed by atoms with van der Waals surface area (Å²) in [4.78, 5) is 0. The Morgan fingerprint density at radius 2 is 1.14 bits per heavy atom. The van der Waals surface area contributed by atoms with Crippen LogP contribution >= 0.6 is 7.92 Å². The van der Waals surface area contributed by atoms with Crippen LogP contribution in [-0.2, 0) is 17.1 Å². The van der Waals surface area contributed by atoms with E-state index < -0.39 is 0 Å². The van der Waals surface area contributed by atoms with Crippen LogP contribution in [0.1, 0.15) is 39.5 Å². The van der Waals surface area contributed by atoms with E-state index in [0.717, 1.165) is 0 Å². The van der Waals surface area contributed by atoms with Gasteiger partial charge in [-0.05, 0) is 46.0 Å². The number of unbranched alkanes of at least 4 members (excludes halogenated alkanes) is 2. The van der Waals surface area contributed by atoms with Gasteiger partial charge >= 0.3 is 0 Å². The first-order chi connectivity index (χ1) is 20.3. The molecule has 0 amide bonds. The van der Waals surface area contributed by atoms with Gasteiger partial charge in [-0.25, -0.2) is 12.1 Å². The molecule has 7 aromatic carbocycles. The molecule has 0 unspecified atom stereocenters. The largest absolute Gasteiger partial charge is 0.641 e. The molecular formula is C40H39FeP-6. The Balaban J connectivity index is 0.000000202. The summed E-state index contributed by atoms with van der Waals surface area (Å²) in [6.45, 7) is 4.58. The Bertz CT molecular complexity index is 1850. The second kappa shape index (κ2) is 14.3. The van der Waals surface area contributed by atoms with Crippen LogP contribution < -0.4 is 5.30 Å². The third-order valence-electron chi connectivity index (χ3n) is 8.25. The maximum Gasteiger partial charge on any atom is 0 e. The first-order valence-corrected chi connectivity index (χ1v) is 16.9. The first kappa shape index (κ1) is 30.3. The molecule has 42 heavy (non-hydrogen) atoms. The summed E-state index contributed by atoms with van der Waals surface area (Å²) in [6.07, 6.45) is 8.37. The van der Waals surface area contributed by atoms with Gasteiger partial charge in [0.05, 0.1) is 0 Å². The monoisotopic (exact) mass is 606 g/mol. The average molecular weight is 607 g/mol. The van der Waals surface area contributed by atoms with Crippen molar-refractivity contribution in [2.45, 2.75) is 39.5 Å². The summed E-state index contributed by atoms with van der Waals surface area (Å²) in [6, 6.07) is 46.6. The number of fused-ring (bicyclic) bond motifs is 5. The molecule has 0 heterocycles. The zero-order chi connectivity index (χ0) is 28.0. The van der Waals surface area contributed by atoms with Gasteiger partial charge in [-0.3, -0.25) is 0 Å². The third kappa shape index (κ3) is 6.40. The zero-order valence-corrected chi connectivity index (χ0v) is 26.7. The van der Waals surface area contributed by atoms with Gasteiger partial charge in [0, 0.05) is 17.1 Å². The fourth-order valence-corrected chi connectivity index (χ4v) is 8.79. The molecule has 0 N–H and O–H groups in total. The van der Waals surface area contributed by atoms with Crippen LogP contribution in [0.25, 0.3) is 54.2 Å². The van der Waals surface area contributed by atoms with Crippen LogP contribution in [-0.4, -0.2) is 12.3 Å². The van der Waals surface area contributed by atoms with Gasteiger partial charge in [0.2, 0.25) is 0 Å². The van der Waals surface area contributed by atoms with E-state index in [0.29, 0.717) is 0 Å². The predicted octanol–water partition coefficient (Wildman–Crippen LogP) is 11.8. The van der Waals surface area contributed by atoms with Crippen molar-refractivity contribution in [1.82, 2.24) is 0 Å². The molecule has 0 atom stereocenters. The molecule has 7 rings (SSSR count). The van der Waals surface area contributed by atoms with Crippen molar-refractivity contribution in [2.24, 2.45) is 0 Å². The fourth-order valence-electron chi connectivity index (χ4n) is 6.06. The van der Waals surface area contributed by atoms with E-state index in [4.69, 9.17) is 0 Å². The predicted molar refractivity (Wildman–Crippen MR) is 186 cm³/mol. The molecule has 2 heteroatoms. The smallest absolute Gasteiger partial charge is 0 e. The molecule has 0 radical (unpaired) electrons. The van der Waals surface area contributed by atoms with E-state index in [1.807, 2.05) is 0 Å². The van der Waals surface area contributed by atoms with Crippen LogP contribution in [0.15, 0.2) is 127 Å². The molecule has 0 aliphatic rings. The minimum Gasteiger partial charge on any atom is -0.641 e. The summed E-state index contributed by atoms with van der Waals surface area (Å²) in [5, 5.41) is 12.1. The molecule has 0 bridgehead atoms.